The van der Waals surface area contributed by atoms with Crippen LogP contribution >= 0.6 is 11.6 Å². The van der Waals surface area contributed by atoms with Gasteiger partial charge >= 0.3 is 0 Å². The molecule has 1 aliphatic rings. The molecule has 1 fully saturated rings. The van der Waals surface area contributed by atoms with Crippen molar-refractivity contribution in [3.8, 4) is 0 Å². The summed E-state index contributed by atoms with van der Waals surface area (Å²) in [5.41, 5.74) is 7.56. The summed E-state index contributed by atoms with van der Waals surface area (Å²) < 4.78 is 0. The molecule has 0 spiro atoms. The average Bonchev–Trinajstić information content (AvgIpc) is 2.43. The molecule has 0 amide bonds. The second kappa shape index (κ2) is 7.62. The van der Waals surface area contributed by atoms with E-state index in [9.17, 15) is 0 Å². The Balaban J connectivity index is 1.92. The van der Waals surface area contributed by atoms with Gasteiger partial charge in [-0.15, -0.1) is 0 Å². The zero-order valence-electron chi connectivity index (χ0n) is 13.6. The molecule has 0 radical (unpaired) electrons. The van der Waals surface area contributed by atoms with Crippen LogP contribution in [0.1, 0.15) is 38.7 Å². The van der Waals surface area contributed by atoms with Gasteiger partial charge in [0.25, 0.3) is 0 Å². The van der Waals surface area contributed by atoms with Crippen molar-refractivity contribution in [1.29, 1.82) is 0 Å². The number of rotatable bonds is 5. The molecule has 2 nitrogen and oxygen atoms in total. The van der Waals surface area contributed by atoms with Gasteiger partial charge in [0.05, 0.1) is 0 Å². The Kier molecular flexibility index (Phi) is 6.09. The molecular weight excluding hydrogens is 280 g/mol. The normalized spacial score (nSPS) is 26.5. The zero-order valence-corrected chi connectivity index (χ0v) is 14.3. The lowest BCUT2D eigenvalue weighted by atomic mass is 9.74. The van der Waals surface area contributed by atoms with Crippen molar-refractivity contribution in [3.63, 3.8) is 0 Å². The fourth-order valence-electron chi connectivity index (χ4n) is 3.52. The van der Waals surface area contributed by atoms with Crippen LogP contribution in [0.2, 0.25) is 5.02 Å². The van der Waals surface area contributed by atoms with Crippen LogP contribution < -0.4 is 5.73 Å². The summed E-state index contributed by atoms with van der Waals surface area (Å²) in [5, 5.41) is 0.859. The van der Waals surface area contributed by atoms with Crippen molar-refractivity contribution in [3.05, 3.63) is 34.9 Å². The summed E-state index contributed by atoms with van der Waals surface area (Å²) in [4.78, 5) is 2.37. The summed E-state index contributed by atoms with van der Waals surface area (Å²) in [6.07, 6.45) is 3.74. The molecule has 3 heteroatoms. The zero-order chi connectivity index (χ0) is 15.4. The minimum absolute atomic E-state index is 0.355. The molecule has 1 aromatic carbocycles. The lowest BCUT2D eigenvalue weighted by Crippen LogP contribution is -2.42. The molecule has 0 saturated heterocycles. The van der Waals surface area contributed by atoms with Gasteiger partial charge in [-0.1, -0.05) is 43.6 Å². The largest absolute Gasteiger partial charge is 0.327 e. The summed E-state index contributed by atoms with van der Waals surface area (Å²) >= 11 is 6.25. The Morgan fingerprint density at radius 2 is 2.00 bits per heavy atom. The molecule has 2 rings (SSSR count). The molecular formula is C18H29ClN2. The molecule has 0 aromatic heterocycles. The van der Waals surface area contributed by atoms with E-state index >= 15 is 0 Å². The lowest BCUT2D eigenvalue weighted by Gasteiger charge is -2.38. The first-order valence-corrected chi connectivity index (χ1v) is 8.52. The number of hydrogen-bond donors (Lipinski definition) is 1. The molecule has 1 saturated carbocycles. The van der Waals surface area contributed by atoms with Crippen molar-refractivity contribution in [1.82, 2.24) is 4.90 Å². The van der Waals surface area contributed by atoms with E-state index in [1.807, 2.05) is 12.1 Å². The standard InChI is InChI=1S/C18H29ClN2/c1-13(2)14-8-9-18(20)16(10-14)12-21(3)11-15-6-4-5-7-17(15)19/h4-7,13-14,16,18H,8-12,20H2,1-3H3. The predicted octanol–water partition coefficient (Wildman–Crippen LogP) is 4.17. The van der Waals surface area contributed by atoms with Gasteiger partial charge < -0.3 is 10.6 Å². The third-order valence-corrected chi connectivity index (χ3v) is 5.34. The SMILES string of the molecule is CC(C)C1CCC(N)C(CN(C)Cc2ccccc2Cl)C1. The van der Waals surface area contributed by atoms with Gasteiger partial charge in [-0.3, -0.25) is 0 Å². The van der Waals surface area contributed by atoms with Crippen LogP contribution in [0.25, 0.3) is 0 Å². The Hall–Kier alpha value is -0.570. The number of nitrogens with zero attached hydrogens (tertiary/aromatic N) is 1. The first kappa shape index (κ1) is 16.8. The molecule has 1 aromatic rings. The second-order valence-electron chi connectivity index (χ2n) is 7.03. The maximum Gasteiger partial charge on any atom is 0.0451 e. The van der Waals surface area contributed by atoms with Crippen LogP contribution in [0.4, 0.5) is 0 Å². The van der Waals surface area contributed by atoms with Crippen molar-refractivity contribution >= 4 is 11.6 Å². The third-order valence-electron chi connectivity index (χ3n) is 4.97. The van der Waals surface area contributed by atoms with Crippen LogP contribution in [0, 0.1) is 17.8 Å². The fraction of sp³-hybridized carbons (Fsp3) is 0.667. The van der Waals surface area contributed by atoms with Gasteiger partial charge in [0.2, 0.25) is 0 Å². The number of halogens is 1. The highest BCUT2D eigenvalue weighted by atomic mass is 35.5. The Bertz CT molecular complexity index is 447. The second-order valence-corrected chi connectivity index (χ2v) is 7.44. The van der Waals surface area contributed by atoms with E-state index in [0.717, 1.165) is 29.9 Å². The van der Waals surface area contributed by atoms with Crippen LogP contribution in [-0.2, 0) is 6.54 Å². The van der Waals surface area contributed by atoms with Gasteiger partial charge in [0.15, 0.2) is 0 Å². The third kappa shape index (κ3) is 4.70. The van der Waals surface area contributed by atoms with Crippen LogP contribution in [-0.4, -0.2) is 24.5 Å². The first-order chi connectivity index (χ1) is 9.97. The molecule has 0 aliphatic heterocycles. The van der Waals surface area contributed by atoms with Crippen LogP contribution in [0.3, 0.4) is 0 Å². The van der Waals surface area contributed by atoms with Gasteiger partial charge in [-0.05, 0) is 55.7 Å². The first-order valence-electron chi connectivity index (χ1n) is 8.15. The average molecular weight is 309 g/mol. The Morgan fingerprint density at radius 1 is 1.29 bits per heavy atom. The van der Waals surface area contributed by atoms with Crippen molar-refractivity contribution in [2.45, 2.75) is 45.7 Å². The molecule has 0 heterocycles. The maximum absolute atomic E-state index is 6.36. The highest BCUT2D eigenvalue weighted by molar-refractivity contribution is 6.31. The van der Waals surface area contributed by atoms with Crippen molar-refractivity contribution in [2.75, 3.05) is 13.6 Å². The minimum atomic E-state index is 0.355. The highest BCUT2D eigenvalue weighted by Crippen LogP contribution is 2.33. The van der Waals surface area contributed by atoms with E-state index in [4.69, 9.17) is 17.3 Å². The summed E-state index contributed by atoms with van der Waals surface area (Å²) in [6.45, 7) is 6.64. The molecule has 0 bridgehead atoms. The molecule has 3 atom stereocenters. The molecule has 118 valence electrons. The highest BCUT2D eigenvalue weighted by Gasteiger charge is 2.30. The topological polar surface area (TPSA) is 29.3 Å². The Morgan fingerprint density at radius 3 is 2.67 bits per heavy atom. The van der Waals surface area contributed by atoms with E-state index in [1.165, 1.54) is 24.8 Å². The van der Waals surface area contributed by atoms with Gasteiger partial charge in [0.1, 0.15) is 0 Å². The van der Waals surface area contributed by atoms with Crippen molar-refractivity contribution < 1.29 is 0 Å². The number of benzene rings is 1. The maximum atomic E-state index is 6.36. The molecule has 1 aliphatic carbocycles. The molecule has 21 heavy (non-hydrogen) atoms. The Labute approximate surface area is 134 Å². The van der Waals surface area contributed by atoms with E-state index in [1.54, 1.807) is 0 Å². The summed E-state index contributed by atoms with van der Waals surface area (Å²) in [5.74, 6) is 2.22. The van der Waals surface area contributed by atoms with E-state index in [0.29, 0.717) is 12.0 Å². The smallest absolute Gasteiger partial charge is 0.0451 e. The van der Waals surface area contributed by atoms with Gasteiger partial charge in [0, 0.05) is 24.2 Å². The summed E-state index contributed by atoms with van der Waals surface area (Å²) in [7, 11) is 2.18. The molecule has 3 unspecified atom stereocenters. The predicted molar refractivity (Wildman–Crippen MR) is 91.4 cm³/mol. The van der Waals surface area contributed by atoms with Crippen molar-refractivity contribution in [2.24, 2.45) is 23.5 Å². The van der Waals surface area contributed by atoms with E-state index in [-0.39, 0.29) is 0 Å². The monoisotopic (exact) mass is 308 g/mol. The van der Waals surface area contributed by atoms with Gasteiger partial charge in [-0.2, -0.15) is 0 Å². The van der Waals surface area contributed by atoms with E-state index in [2.05, 4.69) is 37.9 Å². The minimum Gasteiger partial charge on any atom is -0.327 e. The number of hydrogen-bond acceptors (Lipinski definition) is 2. The van der Waals surface area contributed by atoms with Gasteiger partial charge in [-0.25, -0.2) is 0 Å². The van der Waals surface area contributed by atoms with Crippen LogP contribution in [0.15, 0.2) is 24.3 Å². The van der Waals surface area contributed by atoms with Crippen LogP contribution in [0.5, 0.6) is 0 Å². The number of nitrogens with two attached hydrogens (primary N) is 1. The fourth-order valence-corrected chi connectivity index (χ4v) is 3.72. The van der Waals surface area contributed by atoms with E-state index < -0.39 is 0 Å². The lowest BCUT2D eigenvalue weighted by molar-refractivity contribution is 0.147. The quantitative estimate of drug-likeness (QED) is 0.884. The summed E-state index contributed by atoms with van der Waals surface area (Å²) in [6, 6.07) is 8.46. The molecule has 2 N–H and O–H groups in total.